The molecule has 19 heavy (non-hydrogen) atoms. The number of anilines is 1. The molecule has 1 saturated carbocycles. The van der Waals surface area contributed by atoms with Crippen LogP contribution in [0.3, 0.4) is 0 Å². The van der Waals surface area contributed by atoms with Crippen molar-refractivity contribution in [3.05, 3.63) is 27.3 Å². The lowest BCUT2D eigenvalue weighted by molar-refractivity contribution is -0.122. The van der Waals surface area contributed by atoms with E-state index in [9.17, 15) is 13.6 Å². The van der Waals surface area contributed by atoms with Crippen LogP contribution in [-0.4, -0.2) is 11.4 Å². The van der Waals surface area contributed by atoms with Gasteiger partial charge in [0.25, 0.3) is 0 Å². The third-order valence-corrected chi connectivity index (χ3v) is 4.47. The number of carbonyl (C=O) groups is 1. The summed E-state index contributed by atoms with van der Waals surface area (Å²) in [7, 11) is 0. The number of rotatable bonds is 2. The number of hydrogen-bond donors (Lipinski definition) is 2. The Balaban J connectivity index is 2.14. The SMILES string of the molecule is NC1(C(=O)Nc2cc(F)c(I)c(F)c2)CCCCC1. The molecule has 1 amide bonds. The molecular weight excluding hydrogens is 365 g/mol. The number of hydrogen-bond acceptors (Lipinski definition) is 2. The minimum atomic E-state index is -0.922. The van der Waals surface area contributed by atoms with Crippen LogP contribution in [0.25, 0.3) is 0 Å². The quantitative estimate of drug-likeness (QED) is 0.612. The van der Waals surface area contributed by atoms with Crippen molar-refractivity contribution in [3.8, 4) is 0 Å². The van der Waals surface area contributed by atoms with Crippen LogP contribution in [-0.2, 0) is 4.79 Å². The Hall–Kier alpha value is -0.760. The number of amides is 1. The number of nitrogens with one attached hydrogen (secondary N) is 1. The summed E-state index contributed by atoms with van der Waals surface area (Å²) in [6, 6.07) is 2.21. The van der Waals surface area contributed by atoms with Gasteiger partial charge in [-0.2, -0.15) is 0 Å². The molecule has 0 atom stereocenters. The summed E-state index contributed by atoms with van der Waals surface area (Å²) in [5.41, 5.74) is 5.24. The smallest absolute Gasteiger partial charge is 0.244 e. The fourth-order valence-corrected chi connectivity index (χ4v) is 2.60. The predicted octanol–water partition coefficient (Wildman–Crippen LogP) is 3.17. The van der Waals surface area contributed by atoms with E-state index in [1.165, 1.54) is 0 Å². The van der Waals surface area contributed by atoms with Gasteiger partial charge in [0.05, 0.1) is 9.11 Å². The van der Waals surface area contributed by atoms with Crippen LogP contribution >= 0.6 is 22.6 Å². The van der Waals surface area contributed by atoms with E-state index in [0.29, 0.717) is 12.8 Å². The minimum Gasteiger partial charge on any atom is -0.324 e. The van der Waals surface area contributed by atoms with E-state index in [-0.39, 0.29) is 15.2 Å². The molecule has 0 spiro atoms. The van der Waals surface area contributed by atoms with Gasteiger partial charge in [0.1, 0.15) is 11.6 Å². The van der Waals surface area contributed by atoms with Gasteiger partial charge in [-0.15, -0.1) is 0 Å². The molecule has 104 valence electrons. The van der Waals surface area contributed by atoms with Crippen molar-refractivity contribution in [3.63, 3.8) is 0 Å². The molecular formula is C13H15F2IN2O. The summed E-state index contributed by atoms with van der Waals surface area (Å²) in [5, 5.41) is 2.51. The highest BCUT2D eigenvalue weighted by Crippen LogP contribution is 2.28. The van der Waals surface area contributed by atoms with Crippen LogP contribution in [0.1, 0.15) is 32.1 Å². The van der Waals surface area contributed by atoms with Crippen molar-refractivity contribution in [2.45, 2.75) is 37.6 Å². The summed E-state index contributed by atoms with van der Waals surface area (Å²) >= 11 is 1.58. The average Bonchev–Trinajstić information content (AvgIpc) is 2.36. The van der Waals surface area contributed by atoms with Gasteiger partial charge in [0, 0.05) is 5.69 Å². The van der Waals surface area contributed by atoms with Crippen molar-refractivity contribution in [2.24, 2.45) is 5.73 Å². The zero-order chi connectivity index (χ0) is 14.0. The van der Waals surface area contributed by atoms with Gasteiger partial charge in [-0.05, 0) is 47.6 Å². The summed E-state index contributed by atoms with van der Waals surface area (Å²) in [5.74, 6) is -1.75. The lowest BCUT2D eigenvalue weighted by Gasteiger charge is -2.31. The van der Waals surface area contributed by atoms with E-state index in [1.54, 1.807) is 22.6 Å². The summed E-state index contributed by atoms with van der Waals surface area (Å²) in [4.78, 5) is 12.1. The zero-order valence-electron chi connectivity index (χ0n) is 10.3. The molecule has 6 heteroatoms. The zero-order valence-corrected chi connectivity index (χ0v) is 12.5. The van der Waals surface area contributed by atoms with Crippen molar-refractivity contribution < 1.29 is 13.6 Å². The lowest BCUT2D eigenvalue weighted by atomic mass is 9.82. The van der Waals surface area contributed by atoms with E-state index in [4.69, 9.17) is 5.73 Å². The normalized spacial score (nSPS) is 18.1. The van der Waals surface area contributed by atoms with Gasteiger partial charge >= 0.3 is 0 Å². The van der Waals surface area contributed by atoms with Crippen LogP contribution in [0.4, 0.5) is 14.5 Å². The molecule has 3 nitrogen and oxygen atoms in total. The molecule has 0 unspecified atom stereocenters. The highest BCUT2D eigenvalue weighted by atomic mass is 127. The third kappa shape index (κ3) is 3.22. The van der Waals surface area contributed by atoms with Crippen LogP contribution in [0, 0.1) is 15.2 Å². The molecule has 1 aromatic carbocycles. The van der Waals surface area contributed by atoms with E-state index in [2.05, 4.69) is 5.32 Å². The fraction of sp³-hybridized carbons (Fsp3) is 0.462. The first kappa shape index (κ1) is 14.6. The Kier molecular flexibility index (Phi) is 4.39. The molecule has 0 aromatic heterocycles. The maximum atomic E-state index is 13.4. The Bertz CT molecular complexity index is 478. The number of benzene rings is 1. The third-order valence-electron chi connectivity index (χ3n) is 3.44. The Morgan fingerprint density at radius 1 is 1.21 bits per heavy atom. The molecule has 1 aromatic rings. The highest BCUT2D eigenvalue weighted by Gasteiger charge is 2.35. The summed E-state index contributed by atoms with van der Waals surface area (Å²) < 4.78 is 26.7. The molecule has 0 aliphatic heterocycles. The Labute approximate surface area is 124 Å². The van der Waals surface area contributed by atoms with Gasteiger partial charge in [-0.25, -0.2) is 8.78 Å². The van der Waals surface area contributed by atoms with Gasteiger partial charge in [-0.1, -0.05) is 19.3 Å². The van der Waals surface area contributed by atoms with Crippen molar-refractivity contribution in [1.29, 1.82) is 0 Å². The monoisotopic (exact) mass is 380 g/mol. The van der Waals surface area contributed by atoms with Gasteiger partial charge < -0.3 is 11.1 Å². The van der Waals surface area contributed by atoms with Crippen LogP contribution in [0.5, 0.6) is 0 Å². The standard InChI is InChI=1S/C13H15F2IN2O/c14-9-6-8(7-10(15)11(9)16)18-12(19)13(17)4-2-1-3-5-13/h6-7H,1-5,17H2,(H,18,19). The van der Waals surface area contributed by atoms with Crippen LogP contribution in [0.15, 0.2) is 12.1 Å². The molecule has 0 saturated heterocycles. The molecule has 1 fully saturated rings. The molecule has 1 aliphatic carbocycles. The highest BCUT2D eigenvalue weighted by molar-refractivity contribution is 14.1. The van der Waals surface area contributed by atoms with E-state index in [1.807, 2.05) is 0 Å². The minimum absolute atomic E-state index is 0.0873. The number of nitrogens with two attached hydrogens (primary N) is 1. The number of halogens is 3. The fourth-order valence-electron chi connectivity index (χ4n) is 2.29. The van der Waals surface area contributed by atoms with Gasteiger partial charge in [0.2, 0.25) is 5.91 Å². The first-order valence-corrected chi connectivity index (χ1v) is 7.25. The average molecular weight is 380 g/mol. The second kappa shape index (κ2) is 5.70. The van der Waals surface area contributed by atoms with Crippen molar-refractivity contribution in [1.82, 2.24) is 0 Å². The van der Waals surface area contributed by atoms with E-state index < -0.39 is 17.2 Å². The molecule has 3 N–H and O–H groups in total. The Morgan fingerprint density at radius 2 is 1.74 bits per heavy atom. The molecule has 0 heterocycles. The summed E-state index contributed by atoms with van der Waals surface area (Å²) in [6.07, 6.45) is 4.08. The Morgan fingerprint density at radius 3 is 2.26 bits per heavy atom. The molecule has 0 bridgehead atoms. The van der Waals surface area contributed by atoms with E-state index in [0.717, 1.165) is 31.4 Å². The predicted molar refractivity (Wildman–Crippen MR) is 77.7 cm³/mol. The second-order valence-corrected chi connectivity index (χ2v) is 6.00. The number of carbonyl (C=O) groups excluding carboxylic acids is 1. The van der Waals surface area contributed by atoms with Crippen molar-refractivity contribution >= 4 is 34.2 Å². The maximum Gasteiger partial charge on any atom is 0.244 e. The first-order valence-electron chi connectivity index (χ1n) is 6.17. The lowest BCUT2D eigenvalue weighted by Crippen LogP contribution is -2.52. The maximum absolute atomic E-state index is 13.4. The molecule has 0 radical (unpaired) electrons. The molecule has 2 rings (SSSR count). The molecule has 1 aliphatic rings. The van der Waals surface area contributed by atoms with Gasteiger partial charge in [0.15, 0.2) is 0 Å². The topological polar surface area (TPSA) is 55.1 Å². The second-order valence-electron chi connectivity index (χ2n) is 4.92. The van der Waals surface area contributed by atoms with Crippen LogP contribution in [0.2, 0.25) is 0 Å². The largest absolute Gasteiger partial charge is 0.324 e. The summed E-state index contributed by atoms with van der Waals surface area (Å²) in [6.45, 7) is 0. The first-order chi connectivity index (χ1) is 8.92. The van der Waals surface area contributed by atoms with Gasteiger partial charge in [-0.3, -0.25) is 4.79 Å². The van der Waals surface area contributed by atoms with Crippen molar-refractivity contribution in [2.75, 3.05) is 5.32 Å². The van der Waals surface area contributed by atoms with E-state index >= 15 is 0 Å². The van der Waals surface area contributed by atoms with Crippen LogP contribution < -0.4 is 11.1 Å².